The van der Waals surface area contributed by atoms with Crippen molar-refractivity contribution in [1.29, 1.82) is 0 Å². The summed E-state index contributed by atoms with van der Waals surface area (Å²) in [4.78, 5) is 10.3. The molecule has 0 aromatic heterocycles. The summed E-state index contributed by atoms with van der Waals surface area (Å²) in [5, 5.41) is 10.7. The highest BCUT2D eigenvalue weighted by Gasteiger charge is 2.23. The van der Waals surface area contributed by atoms with Gasteiger partial charge in [-0.25, -0.2) is 0 Å². The molecule has 4 heteroatoms. The van der Waals surface area contributed by atoms with Gasteiger partial charge in [0.1, 0.15) is 11.4 Å². The van der Waals surface area contributed by atoms with Crippen LogP contribution in [-0.4, -0.2) is 4.92 Å². The van der Waals surface area contributed by atoms with Crippen LogP contribution in [0.4, 0.5) is 5.69 Å². The van der Waals surface area contributed by atoms with Gasteiger partial charge in [0, 0.05) is 12.1 Å². The van der Waals surface area contributed by atoms with E-state index in [0.717, 1.165) is 11.1 Å². The third-order valence-electron chi connectivity index (χ3n) is 3.20. The summed E-state index contributed by atoms with van der Waals surface area (Å²) in [6, 6.07) is 14.5. The zero-order valence-electron chi connectivity index (χ0n) is 11.8. The van der Waals surface area contributed by atoms with Crippen molar-refractivity contribution >= 4 is 5.69 Å². The number of rotatable bonds is 4. The summed E-state index contributed by atoms with van der Waals surface area (Å²) < 4.78 is 6.03. The summed E-state index contributed by atoms with van der Waals surface area (Å²) in [5.41, 5.74) is 1.38. The molecule has 0 spiro atoms. The summed E-state index contributed by atoms with van der Waals surface area (Å²) in [6.07, 6.45) is 0. The van der Waals surface area contributed by atoms with E-state index in [2.05, 4.69) is 0 Å². The molecule has 0 atom stereocenters. The minimum atomic E-state index is -0.498. The lowest BCUT2D eigenvalue weighted by Crippen LogP contribution is -2.25. The standard InChI is InChI=1S/C16H17NO3/c1-12-11-14(17(18)19)9-10-15(12)20-16(2,3)13-7-5-4-6-8-13/h4-11H,1-3H3. The lowest BCUT2D eigenvalue weighted by molar-refractivity contribution is -0.384. The molecule has 0 bridgehead atoms. The third-order valence-corrected chi connectivity index (χ3v) is 3.20. The zero-order chi connectivity index (χ0) is 14.8. The van der Waals surface area contributed by atoms with Gasteiger partial charge in [0.25, 0.3) is 5.69 Å². The Kier molecular flexibility index (Phi) is 3.74. The number of nitro groups is 1. The minimum Gasteiger partial charge on any atom is -0.483 e. The molecule has 0 aliphatic rings. The molecular formula is C16H17NO3. The van der Waals surface area contributed by atoms with Crippen LogP contribution in [0.15, 0.2) is 48.5 Å². The molecule has 0 unspecified atom stereocenters. The molecule has 2 rings (SSSR count). The van der Waals surface area contributed by atoms with E-state index >= 15 is 0 Å². The molecule has 0 amide bonds. The summed E-state index contributed by atoms with van der Waals surface area (Å²) in [6.45, 7) is 5.76. The number of benzene rings is 2. The smallest absolute Gasteiger partial charge is 0.269 e. The van der Waals surface area contributed by atoms with Gasteiger partial charge >= 0.3 is 0 Å². The Morgan fingerprint density at radius 3 is 2.30 bits per heavy atom. The maximum Gasteiger partial charge on any atom is 0.269 e. The Hall–Kier alpha value is -2.36. The lowest BCUT2D eigenvalue weighted by atomic mass is 9.98. The topological polar surface area (TPSA) is 52.4 Å². The van der Waals surface area contributed by atoms with Crippen LogP contribution in [0, 0.1) is 17.0 Å². The van der Waals surface area contributed by atoms with Gasteiger partial charge < -0.3 is 4.74 Å². The highest BCUT2D eigenvalue weighted by molar-refractivity contribution is 5.43. The maximum atomic E-state index is 10.7. The van der Waals surface area contributed by atoms with Crippen LogP contribution in [0.5, 0.6) is 5.75 Å². The fourth-order valence-electron chi connectivity index (χ4n) is 2.04. The second kappa shape index (κ2) is 5.33. The van der Waals surface area contributed by atoms with E-state index in [0.29, 0.717) is 5.75 Å². The van der Waals surface area contributed by atoms with E-state index in [1.54, 1.807) is 6.07 Å². The van der Waals surface area contributed by atoms with Crippen LogP contribution >= 0.6 is 0 Å². The monoisotopic (exact) mass is 271 g/mol. The number of hydrogen-bond donors (Lipinski definition) is 0. The fourth-order valence-corrected chi connectivity index (χ4v) is 2.04. The highest BCUT2D eigenvalue weighted by atomic mass is 16.6. The van der Waals surface area contributed by atoms with Crippen LogP contribution in [0.2, 0.25) is 0 Å². The number of non-ortho nitro benzene ring substituents is 1. The van der Waals surface area contributed by atoms with Gasteiger partial charge in [-0.15, -0.1) is 0 Å². The number of nitro benzene ring substituents is 1. The zero-order valence-corrected chi connectivity index (χ0v) is 11.8. The van der Waals surface area contributed by atoms with E-state index in [1.807, 2.05) is 51.1 Å². The van der Waals surface area contributed by atoms with Crippen molar-refractivity contribution < 1.29 is 9.66 Å². The van der Waals surface area contributed by atoms with E-state index in [1.165, 1.54) is 12.1 Å². The lowest BCUT2D eigenvalue weighted by Gasteiger charge is -2.27. The molecule has 0 heterocycles. The van der Waals surface area contributed by atoms with Crippen LogP contribution in [0.1, 0.15) is 25.0 Å². The van der Waals surface area contributed by atoms with Crippen molar-refractivity contribution in [2.75, 3.05) is 0 Å². The van der Waals surface area contributed by atoms with Crippen molar-refractivity contribution in [3.63, 3.8) is 0 Å². The summed E-state index contributed by atoms with van der Waals surface area (Å²) in [7, 11) is 0. The molecule has 2 aromatic carbocycles. The van der Waals surface area contributed by atoms with E-state index < -0.39 is 10.5 Å². The van der Waals surface area contributed by atoms with Crippen LogP contribution in [0.3, 0.4) is 0 Å². The Bertz CT molecular complexity index is 621. The second-order valence-corrected chi connectivity index (χ2v) is 5.19. The Morgan fingerprint density at radius 1 is 1.10 bits per heavy atom. The Labute approximate surface area is 118 Å². The first-order valence-electron chi connectivity index (χ1n) is 6.40. The van der Waals surface area contributed by atoms with E-state index in [-0.39, 0.29) is 5.69 Å². The molecule has 0 aliphatic carbocycles. The van der Waals surface area contributed by atoms with Gasteiger partial charge in [-0.1, -0.05) is 30.3 Å². The first-order valence-corrected chi connectivity index (χ1v) is 6.40. The van der Waals surface area contributed by atoms with Gasteiger partial charge in [-0.3, -0.25) is 10.1 Å². The first-order chi connectivity index (χ1) is 9.40. The van der Waals surface area contributed by atoms with Crippen LogP contribution < -0.4 is 4.74 Å². The number of hydrogen-bond acceptors (Lipinski definition) is 3. The predicted molar refractivity (Wildman–Crippen MR) is 77.9 cm³/mol. The molecule has 0 saturated carbocycles. The SMILES string of the molecule is Cc1cc([N+](=O)[O-])ccc1OC(C)(C)c1ccccc1. The Balaban J connectivity index is 2.28. The first kappa shape index (κ1) is 14.1. The van der Waals surface area contributed by atoms with Crippen molar-refractivity contribution in [3.05, 3.63) is 69.8 Å². The van der Waals surface area contributed by atoms with Crippen LogP contribution in [0.25, 0.3) is 0 Å². The van der Waals surface area contributed by atoms with Crippen molar-refractivity contribution in [2.45, 2.75) is 26.4 Å². The quantitative estimate of drug-likeness (QED) is 0.618. The average Bonchev–Trinajstić information content (AvgIpc) is 2.41. The minimum absolute atomic E-state index is 0.0763. The highest BCUT2D eigenvalue weighted by Crippen LogP contribution is 2.31. The Morgan fingerprint density at radius 2 is 1.75 bits per heavy atom. The number of nitrogens with zero attached hydrogens (tertiary/aromatic N) is 1. The fraction of sp³-hybridized carbons (Fsp3) is 0.250. The van der Waals surface area contributed by atoms with Crippen molar-refractivity contribution in [3.8, 4) is 5.75 Å². The molecule has 104 valence electrons. The van der Waals surface area contributed by atoms with Gasteiger partial charge in [0.2, 0.25) is 0 Å². The summed E-state index contributed by atoms with van der Waals surface area (Å²) >= 11 is 0. The molecule has 0 fully saturated rings. The second-order valence-electron chi connectivity index (χ2n) is 5.19. The van der Waals surface area contributed by atoms with Gasteiger partial charge in [-0.05, 0) is 38.0 Å². The third kappa shape index (κ3) is 2.96. The molecular weight excluding hydrogens is 254 g/mol. The van der Waals surface area contributed by atoms with Gasteiger partial charge in [-0.2, -0.15) is 0 Å². The van der Waals surface area contributed by atoms with Crippen LogP contribution in [-0.2, 0) is 5.60 Å². The molecule has 0 saturated heterocycles. The van der Waals surface area contributed by atoms with Gasteiger partial charge in [0.05, 0.1) is 4.92 Å². The van der Waals surface area contributed by atoms with Crippen molar-refractivity contribution in [2.24, 2.45) is 0 Å². The molecule has 0 radical (unpaired) electrons. The number of aryl methyl sites for hydroxylation is 1. The molecule has 2 aromatic rings. The van der Waals surface area contributed by atoms with E-state index in [9.17, 15) is 10.1 Å². The average molecular weight is 271 g/mol. The molecule has 0 aliphatic heterocycles. The summed E-state index contributed by atoms with van der Waals surface area (Å²) in [5.74, 6) is 0.657. The molecule has 0 N–H and O–H groups in total. The normalized spacial score (nSPS) is 11.2. The van der Waals surface area contributed by atoms with E-state index in [4.69, 9.17) is 4.74 Å². The maximum absolute atomic E-state index is 10.7. The predicted octanol–water partition coefficient (Wildman–Crippen LogP) is 4.22. The van der Waals surface area contributed by atoms with Gasteiger partial charge in [0.15, 0.2) is 0 Å². The largest absolute Gasteiger partial charge is 0.483 e. The molecule has 4 nitrogen and oxygen atoms in total. The molecule has 20 heavy (non-hydrogen) atoms. The number of ether oxygens (including phenoxy) is 1. The van der Waals surface area contributed by atoms with Crippen molar-refractivity contribution in [1.82, 2.24) is 0 Å².